The summed E-state index contributed by atoms with van der Waals surface area (Å²) >= 11 is 1.18. The molecule has 2 aromatic rings. The Labute approximate surface area is 126 Å². The fourth-order valence-electron chi connectivity index (χ4n) is 1.77. The van der Waals surface area contributed by atoms with E-state index in [1.165, 1.54) is 17.4 Å². The summed E-state index contributed by atoms with van der Waals surface area (Å²) in [6, 6.07) is 7.11. The fourth-order valence-corrected chi connectivity index (χ4v) is 2.56. The predicted octanol–water partition coefficient (Wildman–Crippen LogP) is 3.13. The molecule has 21 heavy (non-hydrogen) atoms. The molecule has 0 aliphatic rings. The average molecular weight is 307 g/mol. The Hall–Kier alpha value is -1.99. The van der Waals surface area contributed by atoms with Crippen LogP contribution in [0.3, 0.4) is 0 Å². The summed E-state index contributed by atoms with van der Waals surface area (Å²) in [5.74, 6) is 0.622. The quantitative estimate of drug-likeness (QED) is 0.628. The first-order valence-corrected chi connectivity index (χ1v) is 7.42. The van der Waals surface area contributed by atoms with Gasteiger partial charge in [0.15, 0.2) is 0 Å². The van der Waals surface area contributed by atoms with Gasteiger partial charge in [-0.25, -0.2) is 4.98 Å². The number of ether oxygens (including phenoxy) is 1. The van der Waals surface area contributed by atoms with E-state index in [-0.39, 0.29) is 16.0 Å². The highest BCUT2D eigenvalue weighted by Gasteiger charge is 2.10. The van der Waals surface area contributed by atoms with Crippen LogP contribution in [0.15, 0.2) is 30.5 Å². The monoisotopic (exact) mass is 307 g/mol. The van der Waals surface area contributed by atoms with Crippen LogP contribution in [0, 0.1) is 10.1 Å². The number of hydrogen-bond acceptors (Lipinski definition) is 6. The minimum atomic E-state index is -0.371. The molecule has 2 heterocycles. The predicted molar refractivity (Wildman–Crippen MR) is 81.5 cm³/mol. The molecule has 0 aromatic carbocycles. The Balaban J connectivity index is 1.92. The van der Waals surface area contributed by atoms with Crippen molar-refractivity contribution in [3.8, 4) is 5.88 Å². The molecule has 0 saturated heterocycles. The van der Waals surface area contributed by atoms with Crippen LogP contribution in [0.1, 0.15) is 24.3 Å². The van der Waals surface area contributed by atoms with Gasteiger partial charge in [0.2, 0.25) is 5.88 Å². The van der Waals surface area contributed by atoms with E-state index in [0.29, 0.717) is 19.0 Å². The van der Waals surface area contributed by atoms with Crippen LogP contribution in [0.5, 0.6) is 5.88 Å². The molecule has 0 radical (unpaired) electrons. The highest BCUT2D eigenvalue weighted by atomic mass is 32.1. The highest BCUT2D eigenvalue weighted by molar-refractivity contribution is 7.15. The molecule has 0 atom stereocenters. The van der Waals surface area contributed by atoms with E-state index in [0.717, 1.165) is 10.4 Å². The van der Waals surface area contributed by atoms with Gasteiger partial charge in [-0.2, -0.15) is 0 Å². The number of nitro groups is 1. The summed E-state index contributed by atoms with van der Waals surface area (Å²) < 4.78 is 5.65. The van der Waals surface area contributed by atoms with Gasteiger partial charge < -0.3 is 10.1 Å². The van der Waals surface area contributed by atoms with Crippen LogP contribution < -0.4 is 10.1 Å². The molecule has 0 spiro atoms. The molecular formula is C14H17N3O3S. The Morgan fingerprint density at radius 2 is 2.19 bits per heavy atom. The molecule has 0 bridgehead atoms. The second-order valence-corrected chi connectivity index (χ2v) is 5.88. The second-order valence-electron chi connectivity index (χ2n) is 4.73. The maximum absolute atomic E-state index is 10.6. The number of thiophene rings is 1. The van der Waals surface area contributed by atoms with Crippen molar-refractivity contribution >= 4 is 16.3 Å². The van der Waals surface area contributed by atoms with Crippen molar-refractivity contribution in [2.75, 3.05) is 0 Å². The zero-order valence-electron chi connectivity index (χ0n) is 11.9. The number of nitrogens with zero attached hydrogens (tertiary/aromatic N) is 2. The molecule has 0 unspecified atom stereocenters. The van der Waals surface area contributed by atoms with Crippen LogP contribution >= 0.6 is 11.3 Å². The van der Waals surface area contributed by atoms with Gasteiger partial charge in [0.05, 0.1) is 11.0 Å². The summed E-state index contributed by atoms with van der Waals surface area (Å²) in [4.78, 5) is 15.4. The number of aromatic nitrogens is 1. The van der Waals surface area contributed by atoms with E-state index in [4.69, 9.17) is 4.74 Å². The van der Waals surface area contributed by atoms with E-state index >= 15 is 0 Å². The maximum atomic E-state index is 10.6. The third kappa shape index (κ3) is 4.51. The Morgan fingerprint density at radius 3 is 2.86 bits per heavy atom. The van der Waals surface area contributed by atoms with E-state index < -0.39 is 0 Å². The highest BCUT2D eigenvalue weighted by Crippen LogP contribution is 2.24. The largest absolute Gasteiger partial charge is 0.475 e. The lowest BCUT2D eigenvalue weighted by Crippen LogP contribution is -2.15. The number of rotatable bonds is 7. The molecule has 0 fully saturated rings. The molecule has 2 rings (SSSR count). The molecule has 2 aromatic heterocycles. The lowest BCUT2D eigenvalue weighted by molar-refractivity contribution is -0.380. The summed E-state index contributed by atoms with van der Waals surface area (Å²) in [5.41, 5.74) is 0.970. The Kier molecular flexibility index (Phi) is 5.24. The summed E-state index contributed by atoms with van der Waals surface area (Å²) in [6.45, 7) is 5.09. The van der Waals surface area contributed by atoms with Crippen molar-refractivity contribution in [3.63, 3.8) is 0 Å². The van der Waals surface area contributed by atoms with Gasteiger partial charge >= 0.3 is 5.00 Å². The van der Waals surface area contributed by atoms with Crippen molar-refractivity contribution < 1.29 is 9.66 Å². The Bertz CT molecular complexity index is 613. The van der Waals surface area contributed by atoms with Crippen molar-refractivity contribution in [1.82, 2.24) is 10.3 Å². The summed E-state index contributed by atoms with van der Waals surface area (Å²) in [5, 5.41) is 14.0. The lowest BCUT2D eigenvalue weighted by Gasteiger charge is -2.13. The van der Waals surface area contributed by atoms with Crippen LogP contribution in [0.2, 0.25) is 0 Å². The SMILES string of the molecule is CC(C)Oc1ncccc1CNCc1ccc([N+](=O)[O-])s1. The van der Waals surface area contributed by atoms with Gasteiger partial charge in [-0.15, -0.1) is 0 Å². The zero-order valence-corrected chi connectivity index (χ0v) is 12.7. The standard InChI is InChI=1S/C14H17N3O3S/c1-10(2)20-14-11(4-3-7-16-14)8-15-9-12-5-6-13(21-12)17(18)19/h3-7,10,15H,8-9H2,1-2H3. The first-order chi connectivity index (χ1) is 10.1. The van der Waals surface area contributed by atoms with Gasteiger partial charge in [0.25, 0.3) is 0 Å². The van der Waals surface area contributed by atoms with Gasteiger partial charge in [-0.3, -0.25) is 10.1 Å². The van der Waals surface area contributed by atoms with Crippen molar-refractivity contribution in [2.45, 2.75) is 33.0 Å². The Morgan fingerprint density at radius 1 is 1.38 bits per heavy atom. The van der Waals surface area contributed by atoms with Gasteiger partial charge in [-0.1, -0.05) is 17.4 Å². The third-order valence-corrected chi connectivity index (χ3v) is 3.68. The summed E-state index contributed by atoms with van der Waals surface area (Å²) in [6.07, 6.45) is 1.77. The van der Waals surface area contributed by atoms with Gasteiger partial charge in [0.1, 0.15) is 0 Å². The zero-order chi connectivity index (χ0) is 15.2. The van der Waals surface area contributed by atoms with Crippen LogP contribution in [0.4, 0.5) is 5.00 Å². The molecule has 1 N–H and O–H groups in total. The summed E-state index contributed by atoms with van der Waals surface area (Å²) in [7, 11) is 0. The molecular weight excluding hydrogens is 290 g/mol. The topological polar surface area (TPSA) is 77.3 Å². The van der Waals surface area contributed by atoms with Crippen LogP contribution in [-0.2, 0) is 13.1 Å². The van der Waals surface area contributed by atoms with Crippen LogP contribution in [0.25, 0.3) is 0 Å². The van der Waals surface area contributed by atoms with E-state index in [2.05, 4.69) is 10.3 Å². The molecule has 6 nitrogen and oxygen atoms in total. The maximum Gasteiger partial charge on any atom is 0.324 e. The molecule has 0 amide bonds. The van der Waals surface area contributed by atoms with E-state index in [1.807, 2.05) is 26.0 Å². The minimum absolute atomic E-state index is 0.0681. The smallest absolute Gasteiger partial charge is 0.324 e. The third-order valence-electron chi connectivity index (χ3n) is 2.64. The van der Waals surface area contributed by atoms with Gasteiger partial charge in [0, 0.05) is 35.8 Å². The van der Waals surface area contributed by atoms with E-state index in [1.54, 1.807) is 12.3 Å². The molecule has 0 saturated carbocycles. The van der Waals surface area contributed by atoms with Crippen LogP contribution in [-0.4, -0.2) is 16.0 Å². The van der Waals surface area contributed by atoms with Crippen molar-refractivity contribution in [3.05, 3.63) is 51.0 Å². The molecule has 0 aliphatic heterocycles. The number of pyridine rings is 1. The average Bonchev–Trinajstić information content (AvgIpc) is 2.89. The van der Waals surface area contributed by atoms with Crippen molar-refractivity contribution in [1.29, 1.82) is 0 Å². The van der Waals surface area contributed by atoms with E-state index in [9.17, 15) is 10.1 Å². The fraction of sp³-hybridized carbons (Fsp3) is 0.357. The lowest BCUT2D eigenvalue weighted by atomic mass is 10.2. The number of hydrogen-bond donors (Lipinski definition) is 1. The first kappa shape index (κ1) is 15.4. The van der Waals surface area contributed by atoms with Crippen molar-refractivity contribution in [2.24, 2.45) is 0 Å². The molecule has 112 valence electrons. The normalized spacial score (nSPS) is 10.8. The molecule has 0 aliphatic carbocycles. The van der Waals surface area contributed by atoms with Gasteiger partial charge in [-0.05, 0) is 26.0 Å². The minimum Gasteiger partial charge on any atom is -0.475 e. The molecule has 7 heteroatoms. The second kappa shape index (κ2) is 7.14. The number of nitrogens with one attached hydrogen (secondary N) is 1. The first-order valence-electron chi connectivity index (χ1n) is 6.60.